The Morgan fingerprint density at radius 1 is 1.00 bits per heavy atom. The molecule has 0 saturated carbocycles. The van der Waals surface area contributed by atoms with Crippen LogP contribution in [0.5, 0.6) is 5.75 Å². The first-order valence-electron chi connectivity index (χ1n) is 10.1. The van der Waals surface area contributed by atoms with Crippen LogP contribution in [0.3, 0.4) is 0 Å². The van der Waals surface area contributed by atoms with Gasteiger partial charge in [0.2, 0.25) is 0 Å². The van der Waals surface area contributed by atoms with Crippen molar-refractivity contribution in [2.24, 2.45) is 4.99 Å². The number of ether oxygens (including phenoxy) is 3. The lowest BCUT2D eigenvalue weighted by molar-refractivity contribution is 0.121. The van der Waals surface area contributed by atoms with E-state index in [9.17, 15) is 0 Å². The summed E-state index contributed by atoms with van der Waals surface area (Å²) in [4.78, 5) is 4.33. The van der Waals surface area contributed by atoms with Gasteiger partial charge in [-0.1, -0.05) is 37.3 Å². The van der Waals surface area contributed by atoms with Crippen LogP contribution >= 0.6 is 0 Å². The monoisotopic (exact) mass is 399 g/mol. The van der Waals surface area contributed by atoms with E-state index in [1.165, 1.54) is 11.1 Å². The summed E-state index contributed by atoms with van der Waals surface area (Å²) in [5, 5.41) is 6.69. The van der Waals surface area contributed by atoms with E-state index < -0.39 is 0 Å². The molecule has 6 heteroatoms. The number of aliphatic imine (C=N–C) groups is 1. The molecule has 2 rings (SSSR count). The maximum absolute atomic E-state index is 5.76. The molecule has 0 aliphatic rings. The summed E-state index contributed by atoms with van der Waals surface area (Å²) in [7, 11) is 3.45. The first-order chi connectivity index (χ1) is 14.3. The Morgan fingerprint density at radius 2 is 1.83 bits per heavy atom. The molecule has 2 aromatic rings. The van der Waals surface area contributed by atoms with Crippen molar-refractivity contribution in [3.05, 3.63) is 59.7 Å². The number of methoxy groups -OCH3 is 1. The van der Waals surface area contributed by atoms with Gasteiger partial charge in [-0.15, -0.1) is 0 Å². The first-order valence-corrected chi connectivity index (χ1v) is 10.1. The highest BCUT2D eigenvalue weighted by Gasteiger charge is 2.05. The maximum atomic E-state index is 5.76. The Balaban J connectivity index is 1.90. The summed E-state index contributed by atoms with van der Waals surface area (Å²) >= 11 is 0. The molecular weight excluding hydrogens is 366 g/mol. The molecule has 0 bridgehead atoms. The van der Waals surface area contributed by atoms with Crippen LogP contribution in [0.1, 0.15) is 30.9 Å². The molecule has 0 fully saturated rings. The number of nitrogens with zero attached hydrogens (tertiary/aromatic N) is 1. The van der Waals surface area contributed by atoms with E-state index in [2.05, 4.69) is 34.7 Å². The second-order valence-electron chi connectivity index (χ2n) is 6.59. The van der Waals surface area contributed by atoms with E-state index in [1.54, 1.807) is 14.2 Å². The smallest absolute Gasteiger partial charge is 0.195 e. The van der Waals surface area contributed by atoms with E-state index in [1.807, 2.05) is 36.4 Å². The molecular formula is C23H33N3O3. The summed E-state index contributed by atoms with van der Waals surface area (Å²) in [5.74, 6) is 1.52. The fourth-order valence-corrected chi connectivity index (χ4v) is 2.75. The molecule has 0 atom stereocenters. The largest absolute Gasteiger partial charge is 0.493 e. The lowest BCUT2D eigenvalue weighted by Gasteiger charge is -2.15. The number of benzene rings is 2. The summed E-state index contributed by atoms with van der Waals surface area (Å²) in [5.41, 5.74) is 3.30. The van der Waals surface area contributed by atoms with Crippen molar-refractivity contribution in [3.63, 3.8) is 0 Å². The molecule has 158 valence electrons. The molecule has 0 aromatic heterocycles. The molecule has 2 N–H and O–H groups in total. The van der Waals surface area contributed by atoms with E-state index in [0.717, 1.165) is 30.9 Å². The van der Waals surface area contributed by atoms with Crippen molar-refractivity contribution in [1.29, 1.82) is 0 Å². The highest BCUT2D eigenvalue weighted by molar-refractivity contribution is 5.93. The number of guanidine groups is 1. The van der Waals surface area contributed by atoms with Crippen molar-refractivity contribution in [3.8, 4) is 5.75 Å². The van der Waals surface area contributed by atoms with E-state index in [4.69, 9.17) is 14.2 Å². The second kappa shape index (κ2) is 13.6. The predicted octanol–water partition coefficient (Wildman–Crippen LogP) is 4.22. The van der Waals surface area contributed by atoms with Crippen LogP contribution in [0, 0.1) is 0 Å². The van der Waals surface area contributed by atoms with Crippen LogP contribution in [0.2, 0.25) is 0 Å². The molecule has 6 nitrogen and oxygen atoms in total. The van der Waals surface area contributed by atoms with Crippen LogP contribution in [0.15, 0.2) is 53.5 Å². The normalized spacial score (nSPS) is 11.3. The number of anilines is 1. The van der Waals surface area contributed by atoms with Gasteiger partial charge in [-0.2, -0.15) is 0 Å². The summed E-state index contributed by atoms with van der Waals surface area (Å²) in [6, 6.07) is 16.2. The molecule has 0 heterocycles. The minimum atomic E-state index is 0.625. The third kappa shape index (κ3) is 8.54. The summed E-state index contributed by atoms with van der Waals surface area (Å²) < 4.78 is 16.5. The molecule has 0 spiro atoms. The number of hydrogen-bond acceptors (Lipinski definition) is 4. The standard InChI is InChI=1S/C23H33N3O3/c1-4-13-28-18-20-10-6-5-9-19(20)17-25-23(24-2)26-21-11-7-12-22(16-21)29-15-8-14-27-3/h5-7,9-12,16H,4,8,13-15,17-18H2,1-3H3,(H2,24,25,26). The summed E-state index contributed by atoms with van der Waals surface area (Å²) in [6.07, 6.45) is 1.88. The third-order valence-electron chi connectivity index (χ3n) is 4.25. The Kier molecular flexibility index (Phi) is 10.6. The molecule has 0 unspecified atom stereocenters. The first kappa shape index (κ1) is 22.7. The Bertz CT molecular complexity index is 750. The Hall–Kier alpha value is -2.57. The van der Waals surface area contributed by atoms with Gasteiger partial charge in [0.05, 0.1) is 13.2 Å². The molecule has 0 radical (unpaired) electrons. The highest BCUT2D eigenvalue weighted by atomic mass is 16.5. The fraction of sp³-hybridized carbons (Fsp3) is 0.435. The average Bonchev–Trinajstić information content (AvgIpc) is 2.75. The SMILES string of the molecule is CCCOCc1ccccc1CNC(=NC)Nc1cccc(OCCCOC)c1. The van der Waals surface area contributed by atoms with Crippen molar-refractivity contribution >= 4 is 11.6 Å². The molecule has 0 amide bonds. The highest BCUT2D eigenvalue weighted by Crippen LogP contribution is 2.17. The number of rotatable bonds is 12. The zero-order valence-corrected chi connectivity index (χ0v) is 17.7. The van der Waals surface area contributed by atoms with Gasteiger partial charge >= 0.3 is 0 Å². The van der Waals surface area contributed by atoms with Gasteiger partial charge < -0.3 is 24.8 Å². The minimum absolute atomic E-state index is 0.625. The van der Waals surface area contributed by atoms with Crippen molar-refractivity contribution in [2.75, 3.05) is 39.3 Å². The van der Waals surface area contributed by atoms with Crippen molar-refractivity contribution in [1.82, 2.24) is 5.32 Å². The van der Waals surface area contributed by atoms with Crippen LogP contribution in [-0.2, 0) is 22.6 Å². The van der Waals surface area contributed by atoms with Crippen molar-refractivity contribution in [2.45, 2.75) is 32.9 Å². The summed E-state index contributed by atoms with van der Waals surface area (Å²) in [6.45, 7) is 5.50. The van der Waals surface area contributed by atoms with Crippen molar-refractivity contribution < 1.29 is 14.2 Å². The molecule has 0 aliphatic heterocycles. The number of hydrogen-bond donors (Lipinski definition) is 2. The van der Waals surface area contributed by atoms with E-state index in [0.29, 0.717) is 32.3 Å². The van der Waals surface area contributed by atoms with Gasteiger partial charge in [0.1, 0.15) is 5.75 Å². The van der Waals surface area contributed by atoms with E-state index >= 15 is 0 Å². The van der Waals surface area contributed by atoms with Gasteiger partial charge in [0.25, 0.3) is 0 Å². The zero-order chi connectivity index (χ0) is 20.7. The molecule has 2 aromatic carbocycles. The predicted molar refractivity (Wildman–Crippen MR) is 119 cm³/mol. The minimum Gasteiger partial charge on any atom is -0.493 e. The number of nitrogens with one attached hydrogen (secondary N) is 2. The lowest BCUT2D eigenvalue weighted by Crippen LogP contribution is -2.30. The quantitative estimate of drug-likeness (QED) is 0.318. The molecule has 0 saturated heterocycles. The van der Waals surface area contributed by atoms with Crippen LogP contribution < -0.4 is 15.4 Å². The van der Waals surface area contributed by atoms with Gasteiger partial charge in [-0.25, -0.2) is 0 Å². The Morgan fingerprint density at radius 3 is 2.59 bits per heavy atom. The molecule has 29 heavy (non-hydrogen) atoms. The molecule has 0 aliphatic carbocycles. The zero-order valence-electron chi connectivity index (χ0n) is 17.7. The maximum Gasteiger partial charge on any atom is 0.195 e. The van der Waals surface area contributed by atoms with E-state index in [-0.39, 0.29) is 0 Å². The van der Waals surface area contributed by atoms with Crippen LogP contribution in [0.25, 0.3) is 0 Å². The van der Waals surface area contributed by atoms with Gasteiger partial charge in [0, 0.05) is 52.1 Å². The Labute approximate surface area is 174 Å². The van der Waals surface area contributed by atoms with Gasteiger partial charge in [-0.05, 0) is 29.7 Å². The fourth-order valence-electron chi connectivity index (χ4n) is 2.75. The third-order valence-corrected chi connectivity index (χ3v) is 4.25. The topological polar surface area (TPSA) is 64.1 Å². The lowest BCUT2D eigenvalue weighted by atomic mass is 10.1. The van der Waals surface area contributed by atoms with Crippen LogP contribution in [-0.4, -0.2) is 39.9 Å². The van der Waals surface area contributed by atoms with Crippen LogP contribution in [0.4, 0.5) is 5.69 Å². The second-order valence-corrected chi connectivity index (χ2v) is 6.59. The van der Waals surface area contributed by atoms with Gasteiger partial charge in [-0.3, -0.25) is 4.99 Å². The van der Waals surface area contributed by atoms with Gasteiger partial charge in [0.15, 0.2) is 5.96 Å². The average molecular weight is 400 g/mol.